The minimum absolute atomic E-state index is 0.0292. The van der Waals surface area contributed by atoms with Gasteiger partial charge in [0.1, 0.15) is 0 Å². The van der Waals surface area contributed by atoms with Crippen molar-refractivity contribution in [1.82, 2.24) is 4.90 Å². The molecule has 0 aliphatic carbocycles. The van der Waals surface area contributed by atoms with E-state index in [1.165, 1.54) is 36.2 Å². The topological polar surface area (TPSA) is 35.6 Å². The van der Waals surface area contributed by atoms with E-state index in [0.29, 0.717) is 6.54 Å². The van der Waals surface area contributed by atoms with Gasteiger partial charge in [0.2, 0.25) is 5.91 Å². The highest BCUT2D eigenvalue weighted by molar-refractivity contribution is 7.09. The van der Waals surface area contributed by atoms with Crippen LogP contribution in [0.4, 0.5) is 11.4 Å². The summed E-state index contributed by atoms with van der Waals surface area (Å²) in [6, 6.07) is 12.4. The SMILES string of the molecule is CN(CC(=O)Nc1ccc(N2CCCCCC2)cc1)Cc1cccs1. The predicted molar refractivity (Wildman–Crippen MR) is 106 cm³/mol. The standard InChI is InChI=1S/C20H27N3OS/c1-22(15-19-7-6-14-25-19)16-20(24)21-17-8-10-18(11-9-17)23-12-4-2-3-5-13-23/h6-11,14H,2-5,12-13,15-16H2,1H3,(H,21,24). The van der Waals surface area contributed by atoms with Crippen molar-refractivity contribution in [2.75, 3.05) is 36.9 Å². The number of carbonyl (C=O) groups is 1. The molecule has 25 heavy (non-hydrogen) atoms. The smallest absolute Gasteiger partial charge is 0.238 e. The van der Waals surface area contributed by atoms with Crippen molar-refractivity contribution < 1.29 is 4.79 Å². The van der Waals surface area contributed by atoms with Gasteiger partial charge in [-0.2, -0.15) is 0 Å². The van der Waals surface area contributed by atoms with Crippen molar-refractivity contribution in [2.24, 2.45) is 0 Å². The van der Waals surface area contributed by atoms with Gasteiger partial charge in [-0.15, -0.1) is 11.3 Å². The van der Waals surface area contributed by atoms with E-state index in [1.807, 2.05) is 30.1 Å². The maximum absolute atomic E-state index is 12.2. The molecule has 0 saturated carbocycles. The zero-order valence-electron chi connectivity index (χ0n) is 14.9. The van der Waals surface area contributed by atoms with Gasteiger partial charge in [0.25, 0.3) is 0 Å². The van der Waals surface area contributed by atoms with Crippen LogP contribution in [0.3, 0.4) is 0 Å². The molecule has 1 aromatic carbocycles. The van der Waals surface area contributed by atoms with Gasteiger partial charge >= 0.3 is 0 Å². The van der Waals surface area contributed by atoms with E-state index in [0.717, 1.165) is 25.3 Å². The predicted octanol–water partition coefficient (Wildman–Crippen LogP) is 4.20. The average molecular weight is 358 g/mol. The molecule has 2 heterocycles. The Bertz CT molecular complexity index is 646. The highest BCUT2D eigenvalue weighted by Gasteiger charge is 2.11. The van der Waals surface area contributed by atoms with Crippen LogP contribution >= 0.6 is 11.3 Å². The number of hydrogen-bond acceptors (Lipinski definition) is 4. The number of anilines is 2. The molecule has 1 aliphatic rings. The Hall–Kier alpha value is -1.85. The third-order valence-corrected chi connectivity index (χ3v) is 5.40. The lowest BCUT2D eigenvalue weighted by Crippen LogP contribution is -2.29. The van der Waals surface area contributed by atoms with E-state index in [9.17, 15) is 4.79 Å². The highest BCUT2D eigenvalue weighted by Crippen LogP contribution is 2.21. The first-order valence-corrected chi connectivity index (χ1v) is 9.94. The zero-order valence-corrected chi connectivity index (χ0v) is 15.7. The molecule has 3 rings (SSSR count). The van der Waals surface area contributed by atoms with Gasteiger partial charge in [0.15, 0.2) is 0 Å². The van der Waals surface area contributed by atoms with Crippen molar-refractivity contribution in [3.05, 3.63) is 46.7 Å². The molecule has 1 fully saturated rings. The average Bonchev–Trinajstić information content (AvgIpc) is 2.94. The number of rotatable bonds is 6. The fourth-order valence-corrected chi connectivity index (χ4v) is 4.04. The van der Waals surface area contributed by atoms with Crippen molar-refractivity contribution in [1.29, 1.82) is 0 Å². The Morgan fingerprint density at radius 3 is 2.48 bits per heavy atom. The molecule has 1 saturated heterocycles. The third-order valence-electron chi connectivity index (χ3n) is 4.54. The van der Waals surface area contributed by atoms with Crippen LogP contribution < -0.4 is 10.2 Å². The Morgan fingerprint density at radius 1 is 1.12 bits per heavy atom. The molecule has 0 spiro atoms. The van der Waals surface area contributed by atoms with Gasteiger partial charge < -0.3 is 10.2 Å². The fraction of sp³-hybridized carbons (Fsp3) is 0.450. The Morgan fingerprint density at radius 2 is 1.84 bits per heavy atom. The maximum atomic E-state index is 12.2. The van der Waals surface area contributed by atoms with Crippen LogP contribution in [0, 0.1) is 0 Å². The van der Waals surface area contributed by atoms with Gasteiger partial charge in [0.05, 0.1) is 6.54 Å². The largest absolute Gasteiger partial charge is 0.372 e. The summed E-state index contributed by atoms with van der Waals surface area (Å²) in [6.45, 7) is 3.48. The third kappa shape index (κ3) is 5.58. The number of amides is 1. The van der Waals surface area contributed by atoms with Crippen LogP contribution in [-0.2, 0) is 11.3 Å². The van der Waals surface area contributed by atoms with Crippen LogP contribution in [0.25, 0.3) is 0 Å². The second-order valence-electron chi connectivity index (χ2n) is 6.75. The summed E-state index contributed by atoms with van der Waals surface area (Å²) >= 11 is 1.72. The molecule has 0 radical (unpaired) electrons. The summed E-state index contributed by atoms with van der Waals surface area (Å²) in [5.74, 6) is 0.0292. The van der Waals surface area contributed by atoms with Crippen molar-refractivity contribution in [2.45, 2.75) is 32.2 Å². The van der Waals surface area contributed by atoms with Crippen molar-refractivity contribution in [3.63, 3.8) is 0 Å². The first-order valence-electron chi connectivity index (χ1n) is 9.06. The molecule has 1 amide bonds. The lowest BCUT2D eigenvalue weighted by molar-refractivity contribution is -0.117. The Balaban J connectivity index is 1.49. The first-order chi connectivity index (χ1) is 12.2. The maximum Gasteiger partial charge on any atom is 0.238 e. The lowest BCUT2D eigenvalue weighted by atomic mass is 10.2. The second kappa shape index (κ2) is 9.02. The molecule has 0 bridgehead atoms. The van der Waals surface area contributed by atoms with Gasteiger partial charge in [-0.1, -0.05) is 18.9 Å². The molecular formula is C20H27N3OS. The number of likely N-dealkylation sites (N-methyl/N-ethyl adjacent to an activating group) is 1. The van der Waals surface area contributed by atoms with E-state index >= 15 is 0 Å². The van der Waals surface area contributed by atoms with E-state index in [2.05, 4.69) is 33.8 Å². The summed E-state index contributed by atoms with van der Waals surface area (Å²) in [7, 11) is 1.97. The quantitative estimate of drug-likeness (QED) is 0.842. The second-order valence-corrected chi connectivity index (χ2v) is 7.78. The summed E-state index contributed by atoms with van der Waals surface area (Å²) in [4.78, 5) is 18.0. The number of nitrogens with zero attached hydrogens (tertiary/aromatic N) is 2. The van der Waals surface area contributed by atoms with E-state index in [1.54, 1.807) is 11.3 Å². The highest BCUT2D eigenvalue weighted by atomic mass is 32.1. The van der Waals surface area contributed by atoms with E-state index in [-0.39, 0.29) is 5.91 Å². The van der Waals surface area contributed by atoms with Crippen LogP contribution in [0.2, 0.25) is 0 Å². The van der Waals surface area contributed by atoms with Gasteiger partial charge in [-0.3, -0.25) is 9.69 Å². The molecule has 0 unspecified atom stereocenters. The number of thiophene rings is 1. The monoisotopic (exact) mass is 357 g/mol. The molecule has 1 N–H and O–H groups in total. The molecule has 1 aromatic heterocycles. The van der Waals surface area contributed by atoms with Crippen molar-refractivity contribution >= 4 is 28.6 Å². The summed E-state index contributed by atoms with van der Waals surface area (Å²) < 4.78 is 0. The normalized spacial score (nSPS) is 15.2. The molecular weight excluding hydrogens is 330 g/mol. The molecule has 0 atom stereocenters. The van der Waals surface area contributed by atoms with Gasteiger partial charge in [-0.05, 0) is 55.6 Å². The Labute approximate surface area is 154 Å². The summed E-state index contributed by atoms with van der Waals surface area (Å²) in [6.07, 6.45) is 5.22. The first kappa shape index (κ1) is 18.0. The summed E-state index contributed by atoms with van der Waals surface area (Å²) in [5.41, 5.74) is 2.13. The lowest BCUT2D eigenvalue weighted by Gasteiger charge is -2.23. The summed E-state index contributed by atoms with van der Waals surface area (Å²) in [5, 5.41) is 5.06. The molecule has 2 aromatic rings. The van der Waals surface area contributed by atoms with Crippen LogP contribution in [0.5, 0.6) is 0 Å². The molecule has 5 heteroatoms. The molecule has 1 aliphatic heterocycles. The number of benzene rings is 1. The Kier molecular flexibility index (Phi) is 6.48. The van der Waals surface area contributed by atoms with Gasteiger partial charge in [0, 0.05) is 35.9 Å². The number of carbonyl (C=O) groups excluding carboxylic acids is 1. The van der Waals surface area contributed by atoms with E-state index in [4.69, 9.17) is 0 Å². The number of nitrogens with one attached hydrogen (secondary N) is 1. The fourth-order valence-electron chi connectivity index (χ4n) is 3.25. The van der Waals surface area contributed by atoms with Crippen molar-refractivity contribution in [3.8, 4) is 0 Å². The van der Waals surface area contributed by atoms with Gasteiger partial charge in [-0.25, -0.2) is 0 Å². The van der Waals surface area contributed by atoms with Crippen LogP contribution in [0.15, 0.2) is 41.8 Å². The minimum atomic E-state index is 0.0292. The van der Waals surface area contributed by atoms with Crippen LogP contribution in [0.1, 0.15) is 30.6 Å². The zero-order chi connectivity index (χ0) is 17.5. The molecule has 134 valence electrons. The molecule has 4 nitrogen and oxygen atoms in total. The van der Waals surface area contributed by atoms with Crippen LogP contribution in [-0.4, -0.2) is 37.5 Å². The van der Waals surface area contributed by atoms with E-state index < -0.39 is 0 Å². The number of hydrogen-bond donors (Lipinski definition) is 1. The minimum Gasteiger partial charge on any atom is -0.372 e.